The van der Waals surface area contributed by atoms with E-state index >= 15 is 0 Å². The molecule has 0 aliphatic heterocycles. The van der Waals surface area contributed by atoms with Gasteiger partial charge in [-0.2, -0.15) is 0 Å². The third kappa shape index (κ3) is 4.45. The molecule has 3 rings (SSSR count). The molecular formula is C20H20N2O2S. The highest BCUT2D eigenvalue weighted by molar-refractivity contribution is 7.17. The molecule has 1 unspecified atom stereocenters. The molecule has 5 heteroatoms. The van der Waals surface area contributed by atoms with E-state index in [1.807, 2.05) is 54.8 Å². The van der Waals surface area contributed by atoms with Gasteiger partial charge in [0.1, 0.15) is 0 Å². The van der Waals surface area contributed by atoms with Crippen LogP contribution < -0.4 is 10.6 Å². The predicted octanol–water partition coefficient (Wildman–Crippen LogP) is 3.70. The van der Waals surface area contributed by atoms with Crippen molar-refractivity contribution in [3.05, 3.63) is 71.1 Å². The fourth-order valence-electron chi connectivity index (χ4n) is 2.51. The van der Waals surface area contributed by atoms with Crippen molar-refractivity contribution < 1.29 is 9.59 Å². The summed E-state index contributed by atoms with van der Waals surface area (Å²) in [6.07, 6.45) is 0. The topological polar surface area (TPSA) is 58.2 Å². The summed E-state index contributed by atoms with van der Waals surface area (Å²) < 4.78 is 1.17. The van der Waals surface area contributed by atoms with E-state index in [2.05, 4.69) is 10.6 Å². The van der Waals surface area contributed by atoms with Crippen LogP contribution in [0.5, 0.6) is 0 Å². The maximum atomic E-state index is 12.3. The first-order valence-corrected chi connectivity index (χ1v) is 9.10. The second kappa shape index (κ2) is 7.94. The molecular weight excluding hydrogens is 332 g/mol. The van der Waals surface area contributed by atoms with Gasteiger partial charge in [-0.05, 0) is 53.1 Å². The summed E-state index contributed by atoms with van der Waals surface area (Å²) >= 11 is 1.66. The van der Waals surface area contributed by atoms with E-state index < -0.39 is 0 Å². The Labute approximate surface area is 150 Å². The summed E-state index contributed by atoms with van der Waals surface area (Å²) in [5.41, 5.74) is 1.30. The lowest BCUT2D eigenvalue weighted by molar-refractivity contribution is 0.0942. The SMILES string of the molecule is CC(CNC(=O)c1ccccc1)CNC(=O)c1ccc2sccc2c1. The van der Waals surface area contributed by atoms with Crippen LogP contribution >= 0.6 is 11.3 Å². The van der Waals surface area contributed by atoms with Crippen molar-refractivity contribution in [1.29, 1.82) is 0 Å². The Kier molecular flexibility index (Phi) is 5.46. The number of fused-ring (bicyclic) bond motifs is 1. The maximum absolute atomic E-state index is 12.3. The fourth-order valence-corrected chi connectivity index (χ4v) is 3.28. The Balaban J connectivity index is 1.47. The van der Waals surface area contributed by atoms with E-state index in [1.54, 1.807) is 23.5 Å². The summed E-state index contributed by atoms with van der Waals surface area (Å²) in [5, 5.41) is 8.93. The largest absolute Gasteiger partial charge is 0.352 e. The molecule has 0 saturated carbocycles. The Hall–Kier alpha value is -2.66. The summed E-state index contributed by atoms with van der Waals surface area (Å²) in [5.74, 6) is -0.0440. The van der Waals surface area contributed by atoms with Crippen LogP contribution in [0.25, 0.3) is 10.1 Å². The summed E-state index contributed by atoms with van der Waals surface area (Å²) in [7, 11) is 0. The Morgan fingerprint density at radius 2 is 1.60 bits per heavy atom. The minimum Gasteiger partial charge on any atom is -0.352 e. The first kappa shape index (κ1) is 17.2. The molecule has 1 heterocycles. The normalized spacial score (nSPS) is 11.9. The molecule has 0 aliphatic rings. The molecule has 0 fully saturated rings. The standard InChI is InChI=1S/C20H20N2O2S/c1-14(12-21-19(23)15-5-3-2-4-6-15)13-22-20(24)17-7-8-18-16(11-17)9-10-25-18/h2-11,14H,12-13H2,1H3,(H,21,23)(H,22,24). The van der Waals surface area contributed by atoms with Gasteiger partial charge in [-0.3, -0.25) is 9.59 Å². The predicted molar refractivity (Wildman–Crippen MR) is 102 cm³/mol. The number of hydrogen-bond donors (Lipinski definition) is 2. The third-order valence-electron chi connectivity index (χ3n) is 3.97. The monoisotopic (exact) mass is 352 g/mol. The van der Waals surface area contributed by atoms with Crippen LogP contribution in [0.1, 0.15) is 27.6 Å². The van der Waals surface area contributed by atoms with Crippen LogP contribution in [0.4, 0.5) is 0 Å². The summed E-state index contributed by atoms with van der Waals surface area (Å²) in [6.45, 7) is 3.01. The molecule has 0 bridgehead atoms. The molecule has 3 aromatic rings. The number of benzene rings is 2. The van der Waals surface area contributed by atoms with Crippen LogP contribution in [-0.2, 0) is 0 Å². The van der Waals surface area contributed by atoms with E-state index in [-0.39, 0.29) is 17.7 Å². The van der Waals surface area contributed by atoms with Crippen LogP contribution in [-0.4, -0.2) is 24.9 Å². The van der Waals surface area contributed by atoms with Crippen molar-refractivity contribution in [3.63, 3.8) is 0 Å². The molecule has 0 radical (unpaired) electrons. The lowest BCUT2D eigenvalue weighted by Gasteiger charge is -2.14. The second-order valence-electron chi connectivity index (χ2n) is 6.06. The molecule has 0 spiro atoms. The molecule has 1 aromatic heterocycles. The van der Waals surface area contributed by atoms with E-state index in [0.29, 0.717) is 24.2 Å². The molecule has 1 atom stereocenters. The van der Waals surface area contributed by atoms with E-state index in [1.165, 1.54) is 4.70 Å². The Morgan fingerprint density at radius 1 is 0.920 bits per heavy atom. The number of carbonyl (C=O) groups is 2. The van der Waals surface area contributed by atoms with Crippen molar-refractivity contribution in [3.8, 4) is 0 Å². The fraction of sp³-hybridized carbons (Fsp3) is 0.200. The molecule has 25 heavy (non-hydrogen) atoms. The number of carbonyl (C=O) groups excluding carboxylic acids is 2. The second-order valence-corrected chi connectivity index (χ2v) is 7.01. The van der Waals surface area contributed by atoms with Crippen molar-refractivity contribution >= 4 is 33.2 Å². The van der Waals surface area contributed by atoms with Gasteiger partial charge in [-0.15, -0.1) is 11.3 Å². The van der Waals surface area contributed by atoms with Gasteiger partial charge < -0.3 is 10.6 Å². The van der Waals surface area contributed by atoms with Crippen molar-refractivity contribution in [1.82, 2.24) is 10.6 Å². The van der Waals surface area contributed by atoms with Gasteiger partial charge in [0.05, 0.1) is 0 Å². The lowest BCUT2D eigenvalue weighted by Crippen LogP contribution is -2.35. The highest BCUT2D eigenvalue weighted by atomic mass is 32.1. The van der Waals surface area contributed by atoms with Gasteiger partial charge >= 0.3 is 0 Å². The van der Waals surface area contributed by atoms with E-state index in [4.69, 9.17) is 0 Å². The van der Waals surface area contributed by atoms with Crippen molar-refractivity contribution in [2.75, 3.05) is 13.1 Å². The molecule has 2 aromatic carbocycles. The maximum Gasteiger partial charge on any atom is 0.251 e. The molecule has 0 saturated heterocycles. The molecule has 2 amide bonds. The zero-order valence-corrected chi connectivity index (χ0v) is 14.8. The van der Waals surface area contributed by atoms with Crippen LogP contribution in [0.3, 0.4) is 0 Å². The van der Waals surface area contributed by atoms with Crippen molar-refractivity contribution in [2.45, 2.75) is 6.92 Å². The van der Waals surface area contributed by atoms with Crippen LogP contribution in [0.2, 0.25) is 0 Å². The van der Waals surface area contributed by atoms with Gasteiger partial charge in [0.15, 0.2) is 0 Å². The average Bonchev–Trinajstić information content (AvgIpc) is 3.12. The first-order chi connectivity index (χ1) is 12.1. The van der Waals surface area contributed by atoms with Gasteiger partial charge in [0.2, 0.25) is 0 Å². The molecule has 4 nitrogen and oxygen atoms in total. The first-order valence-electron chi connectivity index (χ1n) is 8.22. The number of thiophene rings is 1. The number of amides is 2. The molecule has 2 N–H and O–H groups in total. The highest BCUT2D eigenvalue weighted by Gasteiger charge is 2.11. The van der Waals surface area contributed by atoms with E-state index in [0.717, 1.165) is 5.39 Å². The smallest absolute Gasteiger partial charge is 0.251 e. The van der Waals surface area contributed by atoms with Gasteiger partial charge in [-0.25, -0.2) is 0 Å². The highest BCUT2D eigenvalue weighted by Crippen LogP contribution is 2.21. The number of hydrogen-bond acceptors (Lipinski definition) is 3. The lowest BCUT2D eigenvalue weighted by atomic mass is 10.1. The minimum atomic E-state index is -0.0957. The minimum absolute atomic E-state index is 0.0886. The number of nitrogens with one attached hydrogen (secondary N) is 2. The molecule has 128 valence electrons. The molecule has 0 aliphatic carbocycles. The zero-order chi connectivity index (χ0) is 17.6. The van der Waals surface area contributed by atoms with Crippen molar-refractivity contribution in [2.24, 2.45) is 5.92 Å². The number of rotatable bonds is 6. The van der Waals surface area contributed by atoms with Gasteiger partial charge in [0.25, 0.3) is 11.8 Å². The van der Waals surface area contributed by atoms with E-state index in [9.17, 15) is 9.59 Å². The average molecular weight is 352 g/mol. The van der Waals surface area contributed by atoms with Crippen LogP contribution in [0.15, 0.2) is 60.0 Å². The Bertz CT molecular complexity index is 874. The van der Waals surface area contributed by atoms with Gasteiger partial charge in [-0.1, -0.05) is 25.1 Å². The Morgan fingerprint density at radius 3 is 2.32 bits per heavy atom. The third-order valence-corrected chi connectivity index (χ3v) is 4.87. The quantitative estimate of drug-likeness (QED) is 0.711. The summed E-state index contributed by atoms with van der Waals surface area (Å²) in [6, 6.07) is 16.8. The van der Waals surface area contributed by atoms with Gasteiger partial charge in [0, 0.05) is 28.9 Å². The zero-order valence-electron chi connectivity index (χ0n) is 14.0. The summed E-state index contributed by atoms with van der Waals surface area (Å²) in [4.78, 5) is 24.3. The van der Waals surface area contributed by atoms with Crippen LogP contribution in [0, 0.1) is 5.92 Å².